The van der Waals surface area contributed by atoms with E-state index in [4.69, 9.17) is 0 Å². The first-order chi connectivity index (χ1) is 8.39. The van der Waals surface area contributed by atoms with Gasteiger partial charge in [-0.15, -0.1) is 12.4 Å². The molecule has 0 radical (unpaired) electrons. The molecule has 0 aromatic carbocycles. The van der Waals surface area contributed by atoms with E-state index in [1.807, 2.05) is 20.8 Å². The Morgan fingerprint density at radius 1 is 1.26 bits per heavy atom. The van der Waals surface area contributed by atoms with Crippen molar-refractivity contribution in [2.75, 3.05) is 19.6 Å². The minimum absolute atomic E-state index is 0. The summed E-state index contributed by atoms with van der Waals surface area (Å²) in [5.74, 6) is -0.0225. The number of rotatable bonds is 5. The maximum Gasteiger partial charge on any atom is 0.225 e. The maximum absolute atomic E-state index is 11.6. The quantitative estimate of drug-likeness (QED) is 0.703. The predicted octanol–water partition coefficient (Wildman–Crippen LogP) is 0.829. The topological polar surface area (TPSA) is 70.2 Å². The van der Waals surface area contributed by atoms with Crippen LogP contribution in [0.25, 0.3) is 0 Å². The van der Waals surface area contributed by atoms with Gasteiger partial charge in [-0.3, -0.25) is 9.59 Å². The molecule has 0 aromatic heterocycles. The summed E-state index contributed by atoms with van der Waals surface area (Å²) in [4.78, 5) is 23.1. The van der Waals surface area contributed by atoms with Crippen molar-refractivity contribution in [1.82, 2.24) is 16.0 Å². The maximum atomic E-state index is 11.6. The largest absolute Gasteiger partial charge is 0.355 e. The predicted molar refractivity (Wildman–Crippen MR) is 78.4 cm³/mol. The Hall–Kier alpha value is -0.810. The molecule has 5 nitrogen and oxygen atoms in total. The van der Waals surface area contributed by atoms with Crippen LogP contribution in [0.3, 0.4) is 0 Å². The van der Waals surface area contributed by atoms with E-state index in [-0.39, 0.29) is 24.2 Å². The molecule has 0 saturated carbocycles. The number of halogens is 1. The zero-order chi connectivity index (χ0) is 13.6. The van der Waals surface area contributed by atoms with Gasteiger partial charge in [0.1, 0.15) is 0 Å². The van der Waals surface area contributed by atoms with E-state index in [1.165, 1.54) is 6.42 Å². The minimum atomic E-state index is -0.399. The van der Waals surface area contributed by atoms with Crippen molar-refractivity contribution >= 4 is 24.2 Å². The summed E-state index contributed by atoms with van der Waals surface area (Å²) in [5.41, 5.74) is -0.399. The highest BCUT2D eigenvalue weighted by Crippen LogP contribution is 2.12. The van der Waals surface area contributed by atoms with Gasteiger partial charge in [-0.25, -0.2) is 0 Å². The van der Waals surface area contributed by atoms with Crippen LogP contribution in [0.5, 0.6) is 0 Å². The van der Waals surface area contributed by atoms with E-state index in [1.54, 1.807) is 0 Å². The molecule has 0 aliphatic carbocycles. The molecule has 1 heterocycles. The van der Waals surface area contributed by atoms with Crippen molar-refractivity contribution in [2.45, 2.75) is 46.1 Å². The van der Waals surface area contributed by atoms with Crippen LogP contribution in [-0.2, 0) is 9.59 Å². The zero-order valence-corrected chi connectivity index (χ0v) is 12.9. The molecular weight excluding hydrogens is 266 g/mol. The first-order valence-corrected chi connectivity index (χ1v) is 6.68. The average molecular weight is 292 g/mol. The molecule has 6 heteroatoms. The third-order valence-corrected chi connectivity index (χ3v) is 3.03. The molecule has 1 saturated heterocycles. The summed E-state index contributed by atoms with van der Waals surface area (Å²) in [7, 11) is 0. The fourth-order valence-electron chi connectivity index (χ4n) is 1.81. The van der Waals surface area contributed by atoms with Gasteiger partial charge >= 0.3 is 0 Å². The lowest BCUT2D eigenvalue weighted by atomic mass is 9.96. The van der Waals surface area contributed by atoms with Gasteiger partial charge in [0, 0.05) is 31.0 Å². The van der Waals surface area contributed by atoms with E-state index in [2.05, 4.69) is 16.0 Å². The van der Waals surface area contributed by atoms with Gasteiger partial charge in [0.15, 0.2) is 0 Å². The summed E-state index contributed by atoms with van der Waals surface area (Å²) in [6.45, 7) is 7.70. The van der Waals surface area contributed by atoms with Crippen LogP contribution in [0.4, 0.5) is 0 Å². The summed E-state index contributed by atoms with van der Waals surface area (Å²) in [5, 5.41) is 8.97. The van der Waals surface area contributed by atoms with Gasteiger partial charge in [0.2, 0.25) is 11.8 Å². The molecule has 0 bridgehead atoms. The third-order valence-electron chi connectivity index (χ3n) is 3.03. The highest BCUT2D eigenvalue weighted by atomic mass is 35.5. The molecule has 0 spiro atoms. The number of hydrogen-bond donors (Lipinski definition) is 3. The lowest BCUT2D eigenvalue weighted by molar-refractivity contribution is -0.128. The number of carbonyl (C=O) groups excluding carboxylic acids is 2. The van der Waals surface area contributed by atoms with Gasteiger partial charge in [0.05, 0.1) is 0 Å². The van der Waals surface area contributed by atoms with E-state index in [0.29, 0.717) is 25.6 Å². The number of nitrogens with one attached hydrogen (secondary N) is 3. The molecule has 1 unspecified atom stereocenters. The van der Waals surface area contributed by atoms with Crippen LogP contribution in [0.1, 0.15) is 40.0 Å². The molecule has 0 aromatic rings. The van der Waals surface area contributed by atoms with Gasteiger partial charge in [-0.2, -0.15) is 0 Å². The molecule has 2 amide bonds. The van der Waals surface area contributed by atoms with Gasteiger partial charge in [-0.1, -0.05) is 20.8 Å². The fourth-order valence-corrected chi connectivity index (χ4v) is 1.81. The Morgan fingerprint density at radius 2 is 1.95 bits per heavy atom. The van der Waals surface area contributed by atoms with Crippen molar-refractivity contribution in [3.05, 3.63) is 0 Å². The first kappa shape index (κ1) is 18.2. The summed E-state index contributed by atoms with van der Waals surface area (Å²) < 4.78 is 0. The van der Waals surface area contributed by atoms with Crippen LogP contribution in [0.15, 0.2) is 0 Å². The van der Waals surface area contributed by atoms with Gasteiger partial charge in [0.25, 0.3) is 0 Å². The van der Waals surface area contributed by atoms with Crippen molar-refractivity contribution in [1.29, 1.82) is 0 Å². The minimum Gasteiger partial charge on any atom is -0.355 e. The fraction of sp³-hybridized carbons (Fsp3) is 0.846. The van der Waals surface area contributed by atoms with Gasteiger partial charge in [-0.05, 0) is 19.4 Å². The van der Waals surface area contributed by atoms with Crippen molar-refractivity contribution in [2.24, 2.45) is 5.41 Å². The first-order valence-electron chi connectivity index (χ1n) is 6.68. The summed E-state index contributed by atoms with van der Waals surface area (Å²) >= 11 is 0. The molecule has 1 atom stereocenters. The lowest BCUT2D eigenvalue weighted by Gasteiger charge is -2.17. The molecule has 1 aliphatic heterocycles. The average Bonchev–Trinajstić information content (AvgIpc) is 2.77. The second kappa shape index (κ2) is 8.38. The highest BCUT2D eigenvalue weighted by Gasteiger charge is 2.20. The van der Waals surface area contributed by atoms with E-state index in [9.17, 15) is 9.59 Å². The van der Waals surface area contributed by atoms with E-state index in [0.717, 1.165) is 13.0 Å². The molecule has 19 heavy (non-hydrogen) atoms. The van der Waals surface area contributed by atoms with E-state index >= 15 is 0 Å². The normalized spacial score (nSPS) is 18.6. The summed E-state index contributed by atoms with van der Waals surface area (Å²) in [6, 6.07) is 0.415. The van der Waals surface area contributed by atoms with Crippen LogP contribution in [0, 0.1) is 5.41 Å². The Morgan fingerprint density at radius 3 is 2.47 bits per heavy atom. The van der Waals surface area contributed by atoms with Crippen molar-refractivity contribution in [3.63, 3.8) is 0 Å². The molecule has 3 N–H and O–H groups in total. The van der Waals surface area contributed by atoms with Crippen LogP contribution >= 0.6 is 12.4 Å². The van der Waals surface area contributed by atoms with Crippen molar-refractivity contribution in [3.8, 4) is 0 Å². The Labute approximate surface area is 121 Å². The third kappa shape index (κ3) is 7.38. The second-order valence-electron chi connectivity index (χ2n) is 5.85. The van der Waals surface area contributed by atoms with Crippen LogP contribution < -0.4 is 16.0 Å². The standard InChI is InChI=1S/C13H25N3O2.ClH/c1-13(2,3)12(18)15-8-6-11(17)16-9-10-5-4-7-14-10;/h10,14H,4-9H2,1-3H3,(H,15,18)(H,16,17);1H. The lowest BCUT2D eigenvalue weighted by Crippen LogP contribution is -2.40. The molecule has 1 rings (SSSR count). The molecular formula is C13H26ClN3O2. The Bertz CT molecular complexity index is 297. The number of carbonyl (C=O) groups is 2. The smallest absolute Gasteiger partial charge is 0.225 e. The SMILES string of the molecule is CC(C)(C)C(=O)NCCC(=O)NCC1CCCN1.Cl. The van der Waals surface area contributed by atoms with Gasteiger partial charge < -0.3 is 16.0 Å². The zero-order valence-electron chi connectivity index (χ0n) is 12.0. The number of amides is 2. The number of hydrogen-bond acceptors (Lipinski definition) is 3. The molecule has 1 aliphatic rings. The molecule has 1 fully saturated rings. The Kier molecular flexibility index (Phi) is 8.02. The Balaban J connectivity index is 0.00000324. The highest BCUT2D eigenvalue weighted by molar-refractivity contribution is 5.85. The second-order valence-corrected chi connectivity index (χ2v) is 5.85. The summed E-state index contributed by atoms with van der Waals surface area (Å²) in [6.07, 6.45) is 2.65. The van der Waals surface area contributed by atoms with Crippen LogP contribution in [0.2, 0.25) is 0 Å². The molecule has 112 valence electrons. The van der Waals surface area contributed by atoms with Crippen LogP contribution in [-0.4, -0.2) is 37.5 Å². The van der Waals surface area contributed by atoms with Crippen molar-refractivity contribution < 1.29 is 9.59 Å². The van der Waals surface area contributed by atoms with E-state index < -0.39 is 5.41 Å². The monoisotopic (exact) mass is 291 g/mol.